The van der Waals surface area contributed by atoms with Crippen LogP contribution in [0.5, 0.6) is 0 Å². The van der Waals surface area contributed by atoms with Crippen molar-refractivity contribution in [3.63, 3.8) is 0 Å². The highest BCUT2D eigenvalue weighted by Crippen LogP contribution is 2.30. The molecule has 2 aromatic heterocycles. The number of hydrogen-bond donors (Lipinski definition) is 1. The van der Waals surface area contributed by atoms with E-state index in [4.69, 9.17) is 10.3 Å². The number of nitrogen functional groups attached to an aromatic ring is 1. The molecule has 0 amide bonds. The first-order chi connectivity index (χ1) is 8.83. The van der Waals surface area contributed by atoms with Gasteiger partial charge in [0.1, 0.15) is 5.76 Å². The molecule has 0 atom stereocenters. The Hall–Kier alpha value is -1.84. The molecule has 0 aliphatic carbocycles. The molecule has 0 radical (unpaired) electrons. The molecule has 2 aromatic rings. The minimum Gasteiger partial charge on any atom is -0.380 e. The van der Waals surface area contributed by atoms with Gasteiger partial charge >= 0.3 is 0 Å². The number of unbranched alkanes of at least 4 members (excludes halogenated alkanes) is 3. The second kappa shape index (κ2) is 6.19. The fourth-order valence-electron chi connectivity index (χ4n) is 2.05. The molecule has 2 rings (SSSR count). The number of rotatable bonds is 6. The van der Waals surface area contributed by atoms with Crippen molar-refractivity contribution >= 4 is 5.82 Å². The van der Waals surface area contributed by atoms with Crippen LogP contribution in [0.1, 0.15) is 38.4 Å². The SMILES string of the molecule is CCCCCCc1onc(N)c1-c1ccncc1. The summed E-state index contributed by atoms with van der Waals surface area (Å²) < 4.78 is 5.33. The smallest absolute Gasteiger partial charge is 0.175 e. The summed E-state index contributed by atoms with van der Waals surface area (Å²) >= 11 is 0. The van der Waals surface area contributed by atoms with Gasteiger partial charge in [-0.3, -0.25) is 4.98 Å². The Kier molecular flexibility index (Phi) is 4.34. The van der Waals surface area contributed by atoms with Crippen LogP contribution in [0.3, 0.4) is 0 Å². The van der Waals surface area contributed by atoms with Crippen LogP contribution >= 0.6 is 0 Å². The molecule has 0 spiro atoms. The molecule has 0 unspecified atom stereocenters. The van der Waals surface area contributed by atoms with Crippen LogP contribution in [0.4, 0.5) is 5.82 Å². The second-order valence-electron chi connectivity index (χ2n) is 4.41. The number of nitrogens with zero attached hydrogens (tertiary/aromatic N) is 2. The van der Waals surface area contributed by atoms with E-state index in [1.165, 1.54) is 19.3 Å². The van der Waals surface area contributed by atoms with Gasteiger partial charge in [-0.05, 0) is 24.1 Å². The van der Waals surface area contributed by atoms with E-state index in [9.17, 15) is 0 Å². The molecule has 4 heteroatoms. The highest BCUT2D eigenvalue weighted by molar-refractivity contribution is 5.75. The van der Waals surface area contributed by atoms with Crippen molar-refractivity contribution in [3.05, 3.63) is 30.3 Å². The van der Waals surface area contributed by atoms with Crippen LogP contribution in [0.2, 0.25) is 0 Å². The molecule has 0 aromatic carbocycles. The lowest BCUT2D eigenvalue weighted by Gasteiger charge is -2.02. The molecule has 0 saturated heterocycles. The molecule has 2 heterocycles. The first-order valence-electron chi connectivity index (χ1n) is 6.47. The zero-order valence-electron chi connectivity index (χ0n) is 10.7. The first-order valence-corrected chi connectivity index (χ1v) is 6.47. The maximum absolute atomic E-state index is 5.88. The van der Waals surface area contributed by atoms with E-state index in [1.54, 1.807) is 12.4 Å². The van der Waals surface area contributed by atoms with Crippen LogP contribution in [-0.4, -0.2) is 10.1 Å². The Morgan fingerprint density at radius 1 is 1.17 bits per heavy atom. The first kappa shape index (κ1) is 12.6. The summed E-state index contributed by atoms with van der Waals surface area (Å²) in [6, 6.07) is 3.86. The lowest BCUT2D eigenvalue weighted by molar-refractivity contribution is 0.382. The fourth-order valence-corrected chi connectivity index (χ4v) is 2.05. The summed E-state index contributed by atoms with van der Waals surface area (Å²) in [6.45, 7) is 2.20. The maximum atomic E-state index is 5.88. The zero-order valence-corrected chi connectivity index (χ0v) is 10.7. The lowest BCUT2D eigenvalue weighted by Crippen LogP contribution is -1.91. The normalized spacial score (nSPS) is 10.7. The monoisotopic (exact) mass is 245 g/mol. The van der Waals surface area contributed by atoms with Gasteiger partial charge in [-0.15, -0.1) is 0 Å². The van der Waals surface area contributed by atoms with Crippen LogP contribution in [0.25, 0.3) is 11.1 Å². The number of pyridine rings is 1. The molecule has 0 saturated carbocycles. The Balaban J connectivity index is 2.12. The standard InChI is InChI=1S/C14H19N3O/c1-2-3-4-5-6-12-13(14(15)17-18-12)11-7-9-16-10-8-11/h7-10H,2-6H2,1H3,(H2,15,17). The van der Waals surface area contributed by atoms with Gasteiger partial charge in [-0.25, -0.2) is 0 Å². The quantitative estimate of drug-likeness (QED) is 0.792. The van der Waals surface area contributed by atoms with Gasteiger partial charge in [-0.1, -0.05) is 31.3 Å². The molecule has 0 bridgehead atoms. The molecular formula is C14H19N3O. The molecule has 0 aliphatic heterocycles. The summed E-state index contributed by atoms with van der Waals surface area (Å²) in [6.07, 6.45) is 9.21. The summed E-state index contributed by atoms with van der Waals surface area (Å²) in [5, 5.41) is 3.87. The average molecular weight is 245 g/mol. The maximum Gasteiger partial charge on any atom is 0.175 e. The van der Waals surface area contributed by atoms with Crippen molar-refractivity contribution in [2.24, 2.45) is 0 Å². The fraction of sp³-hybridized carbons (Fsp3) is 0.429. The topological polar surface area (TPSA) is 64.9 Å². The van der Waals surface area contributed by atoms with E-state index in [2.05, 4.69) is 17.1 Å². The van der Waals surface area contributed by atoms with Gasteiger partial charge in [0.25, 0.3) is 0 Å². The van der Waals surface area contributed by atoms with Gasteiger partial charge in [0.15, 0.2) is 5.82 Å². The van der Waals surface area contributed by atoms with Crippen LogP contribution in [-0.2, 0) is 6.42 Å². The third kappa shape index (κ3) is 2.88. The molecular weight excluding hydrogens is 226 g/mol. The molecule has 96 valence electrons. The third-order valence-corrected chi connectivity index (χ3v) is 3.02. The predicted molar refractivity (Wildman–Crippen MR) is 72.0 cm³/mol. The minimum atomic E-state index is 0.465. The number of nitrogens with two attached hydrogens (primary N) is 1. The second-order valence-corrected chi connectivity index (χ2v) is 4.41. The van der Waals surface area contributed by atoms with Gasteiger partial charge < -0.3 is 10.3 Å². The highest BCUT2D eigenvalue weighted by Gasteiger charge is 2.15. The summed E-state index contributed by atoms with van der Waals surface area (Å²) in [5.41, 5.74) is 7.83. The van der Waals surface area contributed by atoms with Crippen molar-refractivity contribution < 1.29 is 4.52 Å². The van der Waals surface area contributed by atoms with Crippen LogP contribution < -0.4 is 5.73 Å². The zero-order chi connectivity index (χ0) is 12.8. The van der Waals surface area contributed by atoms with Gasteiger partial charge in [0.2, 0.25) is 0 Å². The van der Waals surface area contributed by atoms with E-state index in [0.29, 0.717) is 5.82 Å². The minimum absolute atomic E-state index is 0.465. The molecule has 0 fully saturated rings. The van der Waals surface area contributed by atoms with Crippen LogP contribution in [0, 0.1) is 0 Å². The van der Waals surface area contributed by atoms with Gasteiger partial charge in [-0.2, -0.15) is 0 Å². The van der Waals surface area contributed by atoms with Crippen molar-refractivity contribution in [3.8, 4) is 11.1 Å². The van der Waals surface area contributed by atoms with Crippen molar-refractivity contribution in [2.45, 2.75) is 39.0 Å². The van der Waals surface area contributed by atoms with Gasteiger partial charge in [0.05, 0.1) is 5.56 Å². The molecule has 2 N–H and O–H groups in total. The highest BCUT2D eigenvalue weighted by atomic mass is 16.5. The molecule has 0 aliphatic rings. The van der Waals surface area contributed by atoms with E-state index in [-0.39, 0.29) is 0 Å². The van der Waals surface area contributed by atoms with Crippen molar-refractivity contribution in [1.29, 1.82) is 0 Å². The predicted octanol–water partition coefficient (Wildman–Crippen LogP) is 3.44. The van der Waals surface area contributed by atoms with Gasteiger partial charge in [0, 0.05) is 18.8 Å². The summed E-state index contributed by atoms with van der Waals surface area (Å²) in [7, 11) is 0. The largest absolute Gasteiger partial charge is 0.380 e. The number of aromatic nitrogens is 2. The molecule has 18 heavy (non-hydrogen) atoms. The van der Waals surface area contributed by atoms with E-state index in [1.807, 2.05) is 12.1 Å². The van der Waals surface area contributed by atoms with E-state index >= 15 is 0 Å². The molecule has 4 nitrogen and oxygen atoms in total. The van der Waals surface area contributed by atoms with Crippen molar-refractivity contribution in [1.82, 2.24) is 10.1 Å². The average Bonchev–Trinajstić information content (AvgIpc) is 2.77. The Labute approximate surface area is 107 Å². The Morgan fingerprint density at radius 3 is 2.67 bits per heavy atom. The summed E-state index contributed by atoms with van der Waals surface area (Å²) in [4.78, 5) is 4.01. The van der Waals surface area contributed by atoms with Crippen molar-refractivity contribution in [2.75, 3.05) is 5.73 Å². The lowest BCUT2D eigenvalue weighted by atomic mass is 10.0. The van der Waals surface area contributed by atoms with E-state index in [0.717, 1.165) is 29.7 Å². The summed E-state index contributed by atoms with van der Waals surface area (Å²) in [5.74, 6) is 1.35. The third-order valence-electron chi connectivity index (χ3n) is 3.02. The van der Waals surface area contributed by atoms with E-state index < -0.39 is 0 Å². The Bertz CT molecular complexity index is 479. The number of aryl methyl sites for hydroxylation is 1. The van der Waals surface area contributed by atoms with Crippen LogP contribution in [0.15, 0.2) is 29.0 Å². The Morgan fingerprint density at radius 2 is 1.94 bits per heavy atom. The number of hydrogen-bond acceptors (Lipinski definition) is 4. The number of anilines is 1.